The van der Waals surface area contributed by atoms with Gasteiger partial charge in [0, 0.05) is 66.5 Å². The van der Waals surface area contributed by atoms with Crippen LogP contribution in [0.3, 0.4) is 0 Å². The topological polar surface area (TPSA) is 113 Å². The van der Waals surface area contributed by atoms with Crippen molar-refractivity contribution in [2.24, 2.45) is 0 Å². The SMILES string of the molecule is COc1cccc(CN(CCSc2ccccc2)Cc2ccc(S(=O)(=O)NC(=O)CCCN3C(=O)C(c4ccc(F)cc4F)=C(c4ccc(F)cc4F)C3=O)cc2)c1. The molecule has 0 fully saturated rings. The van der Waals surface area contributed by atoms with Crippen molar-refractivity contribution in [1.82, 2.24) is 14.5 Å². The number of halogens is 4. The van der Waals surface area contributed by atoms with E-state index < -0.39 is 86.3 Å². The highest BCUT2D eigenvalue weighted by atomic mass is 32.2. The predicted octanol–water partition coefficient (Wildman–Crippen LogP) is 7.61. The van der Waals surface area contributed by atoms with Gasteiger partial charge in [0.15, 0.2) is 0 Å². The monoisotopic (exact) mass is 831 g/mol. The largest absolute Gasteiger partial charge is 0.497 e. The number of imide groups is 1. The molecule has 0 bridgehead atoms. The molecule has 6 rings (SSSR count). The second-order valence-corrected chi connectivity index (χ2v) is 16.1. The lowest BCUT2D eigenvalue weighted by Crippen LogP contribution is -2.34. The number of carbonyl (C=O) groups excluding carboxylic acids is 3. The van der Waals surface area contributed by atoms with Crippen LogP contribution in [0.2, 0.25) is 0 Å². The van der Waals surface area contributed by atoms with Crippen LogP contribution in [-0.4, -0.2) is 61.9 Å². The summed E-state index contributed by atoms with van der Waals surface area (Å²) in [6, 6.07) is 28.5. The molecule has 1 aliphatic heterocycles. The Morgan fingerprint density at radius 1 is 0.741 bits per heavy atom. The van der Waals surface area contributed by atoms with Gasteiger partial charge in [-0.25, -0.2) is 30.7 Å². The summed E-state index contributed by atoms with van der Waals surface area (Å²) in [5, 5.41) is 0. The number of nitrogens with one attached hydrogen (secondary N) is 1. The van der Waals surface area contributed by atoms with E-state index in [0.717, 1.165) is 58.3 Å². The first-order valence-corrected chi connectivity index (χ1v) is 20.5. The van der Waals surface area contributed by atoms with Crippen LogP contribution in [0.5, 0.6) is 5.75 Å². The Kier molecular flexibility index (Phi) is 13.5. The summed E-state index contributed by atoms with van der Waals surface area (Å²) in [4.78, 5) is 43.8. The van der Waals surface area contributed by atoms with Crippen molar-refractivity contribution in [2.75, 3.05) is 26.0 Å². The second kappa shape index (κ2) is 18.7. The van der Waals surface area contributed by atoms with Crippen molar-refractivity contribution in [2.45, 2.75) is 35.7 Å². The lowest BCUT2D eigenvalue weighted by Gasteiger charge is -2.23. The molecule has 1 heterocycles. The van der Waals surface area contributed by atoms with E-state index in [-0.39, 0.29) is 11.3 Å². The van der Waals surface area contributed by atoms with Crippen molar-refractivity contribution in [3.05, 3.63) is 161 Å². The zero-order valence-electron chi connectivity index (χ0n) is 31.1. The summed E-state index contributed by atoms with van der Waals surface area (Å²) in [6.45, 7) is 1.41. The van der Waals surface area contributed by atoms with Gasteiger partial charge in [0.05, 0.1) is 23.2 Å². The van der Waals surface area contributed by atoms with Gasteiger partial charge in [0.25, 0.3) is 21.8 Å². The van der Waals surface area contributed by atoms with Crippen LogP contribution in [0, 0.1) is 23.3 Å². The molecule has 300 valence electrons. The third kappa shape index (κ3) is 10.2. The molecule has 15 heteroatoms. The molecule has 3 amide bonds. The third-order valence-electron chi connectivity index (χ3n) is 9.20. The van der Waals surface area contributed by atoms with E-state index in [9.17, 15) is 40.4 Å². The molecule has 58 heavy (non-hydrogen) atoms. The molecule has 5 aromatic carbocycles. The molecule has 9 nitrogen and oxygen atoms in total. The number of thioether (sulfide) groups is 1. The molecule has 0 aromatic heterocycles. The second-order valence-electron chi connectivity index (χ2n) is 13.3. The number of ether oxygens (including phenoxy) is 1. The Labute approximate surface area is 337 Å². The van der Waals surface area contributed by atoms with Gasteiger partial charge < -0.3 is 4.74 Å². The number of methoxy groups -OCH3 is 1. The average Bonchev–Trinajstić information content (AvgIpc) is 3.43. The molecular formula is C43H37F4N3O6S2. The van der Waals surface area contributed by atoms with Gasteiger partial charge in [-0.1, -0.05) is 42.5 Å². The van der Waals surface area contributed by atoms with Crippen LogP contribution in [0.25, 0.3) is 11.1 Å². The van der Waals surface area contributed by atoms with Gasteiger partial charge in [-0.15, -0.1) is 11.8 Å². The molecule has 0 saturated carbocycles. The highest BCUT2D eigenvalue weighted by Crippen LogP contribution is 2.38. The molecule has 5 aromatic rings. The molecule has 1 N–H and O–H groups in total. The van der Waals surface area contributed by atoms with E-state index in [1.807, 2.05) is 59.3 Å². The van der Waals surface area contributed by atoms with E-state index in [2.05, 4.69) is 4.90 Å². The minimum absolute atomic E-state index is 0.158. The van der Waals surface area contributed by atoms with Crippen molar-refractivity contribution in [3.63, 3.8) is 0 Å². The van der Waals surface area contributed by atoms with Gasteiger partial charge in [0.1, 0.15) is 29.0 Å². The summed E-state index contributed by atoms with van der Waals surface area (Å²) in [5.74, 6) is -5.80. The summed E-state index contributed by atoms with van der Waals surface area (Å²) in [5.41, 5.74) is -0.225. The molecule has 0 radical (unpaired) electrons. The molecule has 0 atom stereocenters. The van der Waals surface area contributed by atoms with Crippen molar-refractivity contribution >= 4 is 50.7 Å². The Balaban J connectivity index is 1.08. The maximum Gasteiger partial charge on any atom is 0.264 e. The number of hydrogen-bond acceptors (Lipinski definition) is 8. The summed E-state index contributed by atoms with van der Waals surface area (Å²) >= 11 is 1.73. The van der Waals surface area contributed by atoms with Gasteiger partial charge in [0.2, 0.25) is 5.91 Å². The molecular weight excluding hydrogens is 795 g/mol. The lowest BCUT2D eigenvalue weighted by atomic mass is 9.95. The zero-order chi connectivity index (χ0) is 41.4. The Morgan fingerprint density at radius 2 is 1.34 bits per heavy atom. The van der Waals surface area contributed by atoms with Crippen LogP contribution in [0.1, 0.15) is 35.1 Å². The quantitative estimate of drug-likeness (QED) is 0.0580. The number of benzene rings is 5. The van der Waals surface area contributed by atoms with Crippen molar-refractivity contribution in [1.29, 1.82) is 0 Å². The molecule has 0 aliphatic carbocycles. The van der Waals surface area contributed by atoms with E-state index in [1.165, 1.54) is 12.1 Å². The fourth-order valence-electron chi connectivity index (χ4n) is 6.41. The standard InChI is InChI=1S/C43H37F4N3O6S2/c1-56-32-8-5-7-29(23-32)27-49(21-22-57-33-9-3-2-4-10-33)26-28-12-16-34(17-13-28)58(54,55)48-39(51)11-6-20-50-42(52)40(35-18-14-30(44)24-37(35)46)41(43(50)53)36-19-15-31(45)25-38(36)47/h2-5,7-10,12-19,23-25H,6,11,20-22,26-27H2,1H3,(H,48,51). The number of hydrogen-bond donors (Lipinski definition) is 1. The lowest BCUT2D eigenvalue weighted by molar-refractivity contribution is -0.136. The highest BCUT2D eigenvalue weighted by Gasteiger charge is 2.41. The first-order chi connectivity index (χ1) is 27.8. The molecule has 0 spiro atoms. The Morgan fingerprint density at radius 3 is 1.93 bits per heavy atom. The van der Waals surface area contributed by atoms with Crippen LogP contribution in [-0.2, 0) is 37.5 Å². The van der Waals surface area contributed by atoms with Crippen LogP contribution >= 0.6 is 11.8 Å². The fourth-order valence-corrected chi connectivity index (χ4v) is 8.35. The summed E-state index contributed by atoms with van der Waals surface area (Å²) in [7, 11) is -2.71. The fraction of sp³-hybridized carbons (Fsp3) is 0.186. The van der Waals surface area contributed by atoms with Crippen molar-refractivity contribution < 1.29 is 45.1 Å². The molecule has 0 unspecified atom stereocenters. The summed E-state index contributed by atoms with van der Waals surface area (Å²) in [6.07, 6.45) is -0.670. The molecule has 1 aliphatic rings. The first-order valence-electron chi connectivity index (χ1n) is 18.0. The van der Waals surface area contributed by atoms with Crippen molar-refractivity contribution in [3.8, 4) is 5.75 Å². The van der Waals surface area contributed by atoms with Gasteiger partial charge >= 0.3 is 0 Å². The smallest absolute Gasteiger partial charge is 0.264 e. The minimum atomic E-state index is -4.31. The number of nitrogens with zero attached hydrogens (tertiary/aromatic N) is 2. The van der Waals surface area contributed by atoms with E-state index in [4.69, 9.17) is 4.74 Å². The average molecular weight is 832 g/mol. The van der Waals surface area contributed by atoms with Crippen LogP contribution < -0.4 is 9.46 Å². The third-order valence-corrected chi connectivity index (χ3v) is 11.6. The Hall–Kier alpha value is -5.77. The normalized spacial score (nSPS) is 13.1. The Bertz CT molecular complexity index is 2390. The maximum absolute atomic E-state index is 14.9. The van der Waals surface area contributed by atoms with Crippen LogP contribution in [0.15, 0.2) is 125 Å². The first kappa shape index (κ1) is 41.9. The number of amides is 3. The van der Waals surface area contributed by atoms with Gasteiger partial charge in [-0.3, -0.25) is 24.2 Å². The van der Waals surface area contributed by atoms with Crippen LogP contribution in [0.4, 0.5) is 17.6 Å². The van der Waals surface area contributed by atoms with E-state index in [0.29, 0.717) is 30.1 Å². The van der Waals surface area contributed by atoms with Gasteiger partial charge in [-0.2, -0.15) is 0 Å². The van der Waals surface area contributed by atoms with Gasteiger partial charge in [-0.05, 0) is 78.2 Å². The zero-order valence-corrected chi connectivity index (χ0v) is 32.7. The van der Waals surface area contributed by atoms with E-state index >= 15 is 0 Å². The molecule has 0 saturated heterocycles. The maximum atomic E-state index is 14.9. The number of sulfonamides is 1. The number of rotatable bonds is 17. The highest BCUT2D eigenvalue weighted by molar-refractivity contribution is 7.99. The summed E-state index contributed by atoms with van der Waals surface area (Å²) < 4.78 is 91.0. The number of carbonyl (C=O) groups is 3. The van der Waals surface area contributed by atoms with E-state index in [1.54, 1.807) is 31.0 Å². The predicted molar refractivity (Wildman–Crippen MR) is 212 cm³/mol. The minimum Gasteiger partial charge on any atom is -0.497 e.